The van der Waals surface area contributed by atoms with Crippen LogP contribution in [0.15, 0.2) is 24.3 Å². The van der Waals surface area contributed by atoms with E-state index in [9.17, 15) is 18.3 Å². The van der Waals surface area contributed by atoms with E-state index in [1.165, 1.54) is 0 Å². The van der Waals surface area contributed by atoms with Gasteiger partial charge in [0, 0.05) is 19.4 Å². The Morgan fingerprint density at radius 1 is 1.28 bits per heavy atom. The molecule has 1 aliphatic rings. The Labute approximate surface area is 103 Å². The quantitative estimate of drug-likeness (QED) is 0.843. The summed E-state index contributed by atoms with van der Waals surface area (Å²) in [5.41, 5.74) is 1.82. The van der Waals surface area contributed by atoms with Crippen LogP contribution in [0.3, 0.4) is 0 Å². The minimum atomic E-state index is -4.14. The lowest BCUT2D eigenvalue weighted by Gasteiger charge is -2.16. The fourth-order valence-electron chi connectivity index (χ4n) is 2.19. The largest absolute Gasteiger partial charge is 0.389 e. The van der Waals surface area contributed by atoms with Crippen molar-refractivity contribution < 1.29 is 23.0 Å². The molecule has 0 bridgehead atoms. The molecule has 18 heavy (non-hydrogen) atoms. The van der Waals surface area contributed by atoms with Crippen molar-refractivity contribution in [2.75, 3.05) is 6.61 Å². The number of ether oxygens (including phenoxy) is 1. The predicted molar refractivity (Wildman–Crippen MR) is 60.1 cm³/mol. The van der Waals surface area contributed by atoms with Crippen molar-refractivity contribution in [3.8, 4) is 0 Å². The molecule has 0 saturated heterocycles. The van der Waals surface area contributed by atoms with Crippen LogP contribution in [0.25, 0.3) is 0 Å². The molecule has 100 valence electrons. The van der Waals surface area contributed by atoms with E-state index >= 15 is 0 Å². The Bertz CT molecular complexity index is 403. The topological polar surface area (TPSA) is 29.5 Å². The number of benzene rings is 1. The highest BCUT2D eigenvalue weighted by Crippen LogP contribution is 2.33. The first-order chi connectivity index (χ1) is 8.47. The molecule has 0 spiro atoms. The Morgan fingerprint density at radius 3 is 2.67 bits per heavy atom. The third-order valence-electron chi connectivity index (χ3n) is 3.08. The van der Waals surface area contributed by atoms with Crippen LogP contribution < -0.4 is 0 Å². The van der Waals surface area contributed by atoms with Gasteiger partial charge in [0.05, 0.1) is 6.10 Å². The summed E-state index contributed by atoms with van der Waals surface area (Å²) < 4.78 is 41.2. The van der Waals surface area contributed by atoms with Crippen molar-refractivity contribution in [2.24, 2.45) is 0 Å². The van der Waals surface area contributed by atoms with Gasteiger partial charge >= 0.3 is 6.18 Å². The maximum Gasteiger partial charge on any atom is 0.389 e. The molecular weight excluding hydrogens is 245 g/mol. The average molecular weight is 260 g/mol. The number of aliphatic hydroxyl groups is 1. The van der Waals surface area contributed by atoms with Crippen LogP contribution in [-0.2, 0) is 11.2 Å². The molecule has 0 heterocycles. The lowest BCUT2D eigenvalue weighted by molar-refractivity contribution is -0.140. The number of hydrogen-bond donors (Lipinski definition) is 1. The molecule has 0 radical (unpaired) electrons. The van der Waals surface area contributed by atoms with Crippen molar-refractivity contribution in [1.29, 1.82) is 0 Å². The summed E-state index contributed by atoms with van der Waals surface area (Å²) in [5.74, 6) is 0. The van der Waals surface area contributed by atoms with Gasteiger partial charge in [-0.3, -0.25) is 0 Å². The number of rotatable bonds is 4. The third kappa shape index (κ3) is 3.23. The molecule has 2 nitrogen and oxygen atoms in total. The molecule has 0 aromatic heterocycles. The molecule has 2 unspecified atom stereocenters. The van der Waals surface area contributed by atoms with Gasteiger partial charge < -0.3 is 9.84 Å². The molecule has 1 aromatic rings. The van der Waals surface area contributed by atoms with E-state index in [0.717, 1.165) is 11.1 Å². The minimum Gasteiger partial charge on any atom is -0.386 e. The standard InChI is InChI=1S/C13H15F3O2/c14-13(15,16)6-3-7-18-11-8-9-4-1-2-5-10(9)12(11)17/h1-2,4-5,11-12,17H,3,6-8H2. The number of alkyl halides is 3. The first kappa shape index (κ1) is 13.4. The monoisotopic (exact) mass is 260 g/mol. The Kier molecular flexibility index (Phi) is 3.92. The number of halogens is 3. The van der Waals surface area contributed by atoms with Crippen LogP contribution in [0.4, 0.5) is 13.2 Å². The van der Waals surface area contributed by atoms with Crippen LogP contribution >= 0.6 is 0 Å². The highest BCUT2D eigenvalue weighted by Gasteiger charge is 2.32. The van der Waals surface area contributed by atoms with Gasteiger partial charge in [-0.25, -0.2) is 0 Å². The van der Waals surface area contributed by atoms with Crippen LogP contribution in [0, 0.1) is 0 Å². The second kappa shape index (κ2) is 5.28. The Balaban J connectivity index is 1.80. The number of fused-ring (bicyclic) bond motifs is 1. The highest BCUT2D eigenvalue weighted by atomic mass is 19.4. The van der Waals surface area contributed by atoms with Gasteiger partial charge in [-0.05, 0) is 17.5 Å². The molecule has 2 rings (SSSR count). The molecule has 0 fully saturated rings. The molecule has 0 amide bonds. The molecule has 5 heteroatoms. The molecule has 0 aliphatic heterocycles. The molecule has 0 saturated carbocycles. The summed E-state index contributed by atoms with van der Waals surface area (Å²) >= 11 is 0. The number of hydrogen-bond acceptors (Lipinski definition) is 2. The SMILES string of the molecule is OC1c2ccccc2CC1OCCCC(F)(F)F. The second-order valence-corrected chi connectivity index (χ2v) is 4.48. The van der Waals surface area contributed by atoms with Crippen molar-refractivity contribution >= 4 is 0 Å². The zero-order valence-electron chi connectivity index (χ0n) is 9.78. The van der Waals surface area contributed by atoms with Gasteiger partial charge in [0.15, 0.2) is 0 Å². The van der Waals surface area contributed by atoms with Crippen molar-refractivity contribution in [3.63, 3.8) is 0 Å². The third-order valence-corrected chi connectivity index (χ3v) is 3.08. The molecule has 1 aromatic carbocycles. The van der Waals surface area contributed by atoms with Crippen LogP contribution in [0.2, 0.25) is 0 Å². The Hall–Kier alpha value is -1.07. The molecule has 1 N–H and O–H groups in total. The molecule has 2 atom stereocenters. The van der Waals surface area contributed by atoms with Crippen molar-refractivity contribution in [2.45, 2.75) is 37.6 Å². The van der Waals surface area contributed by atoms with E-state index in [4.69, 9.17) is 4.74 Å². The lowest BCUT2D eigenvalue weighted by Crippen LogP contribution is -2.20. The first-order valence-corrected chi connectivity index (χ1v) is 5.91. The second-order valence-electron chi connectivity index (χ2n) is 4.48. The number of aliphatic hydroxyl groups excluding tert-OH is 1. The van der Waals surface area contributed by atoms with Gasteiger partial charge in [0.2, 0.25) is 0 Å². The zero-order chi connectivity index (χ0) is 13.2. The van der Waals surface area contributed by atoms with Crippen LogP contribution in [0.5, 0.6) is 0 Å². The van der Waals surface area contributed by atoms with E-state index in [-0.39, 0.29) is 13.0 Å². The van der Waals surface area contributed by atoms with Crippen LogP contribution in [0.1, 0.15) is 30.1 Å². The molecule has 1 aliphatic carbocycles. The maximum absolute atomic E-state index is 11.9. The normalized spacial score (nSPS) is 23.1. The zero-order valence-corrected chi connectivity index (χ0v) is 9.78. The van der Waals surface area contributed by atoms with E-state index in [0.29, 0.717) is 6.42 Å². The van der Waals surface area contributed by atoms with Crippen LogP contribution in [-0.4, -0.2) is 24.0 Å². The fraction of sp³-hybridized carbons (Fsp3) is 0.538. The highest BCUT2D eigenvalue weighted by molar-refractivity contribution is 5.35. The summed E-state index contributed by atoms with van der Waals surface area (Å²) in [7, 11) is 0. The van der Waals surface area contributed by atoms with E-state index in [1.54, 1.807) is 0 Å². The summed E-state index contributed by atoms with van der Waals surface area (Å²) in [5, 5.41) is 9.95. The van der Waals surface area contributed by atoms with Gasteiger partial charge in [-0.15, -0.1) is 0 Å². The average Bonchev–Trinajstić information content (AvgIpc) is 2.62. The van der Waals surface area contributed by atoms with E-state index in [2.05, 4.69) is 0 Å². The van der Waals surface area contributed by atoms with Gasteiger partial charge in [-0.2, -0.15) is 13.2 Å². The smallest absolute Gasteiger partial charge is 0.386 e. The first-order valence-electron chi connectivity index (χ1n) is 5.91. The maximum atomic E-state index is 11.9. The Morgan fingerprint density at radius 2 is 2.00 bits per heavy atom. The van der Waals surface area contributed by atoms with Gasteiger partial charge in [0.1, 0.15) is 6.10 Å². The minimum absolute atomic E-state index is 0.0230. The summed E-state index contributed by atoms with van der Waals surface area (Å²) in [6, 6.07) is 7.42. The summed E-state index contributed by atoms with van der Waals surface area (Å²) in [4.78, 5) is 0. The summed E-state index contributed by atoms with van der Waals surface area (Å²) in [6.45, 7) is 0.0230. The van der Waals surface area contributed by atoms with Gasteiger partial charge in [0.25, 0.3) is 0 Å². The van der Waals surface area contributed by atoms with E-state index < -0.39 is 24.8 Å². The van der Waals surface area contributed by atoms with E-state index in [1.807, 2.05) is 24.3 Å². The van der Waals surface area contributed by atoms with Crippen molar-refractivity contribution in [1.82, 2.24) is 0 Å². The molecular formula is C13H15F3O2. The van der Waals surface area contributed by atoms with Crippen molar-refractivity contribution in [3.05, 3.63) is 35.4 Å². The fourth-order valence-corrected chi connectivity index (χ4v) is 2.19. The summed E-state index contributed by atoms with van der Waals surface area (Å²) in [6.07, 6.45) is -5.64. The predicted octanol–water partition coefficient (Wildman–Crippen LogP) is 3.00. The lowest BCUT2D eigenvalue weighted by atomic mass is 10.1. The van der Waals surface area contributed by atoms with Gasteiger partial charge in [-0.1, -0.05) is 24.3 Å².